The van der Waals surface area contributed by atoms with Gasteiger partial charge in [-0.25, -0.2) is 70.5 Å². The first kappa shape index (κ1) is 79.4. The molecule has 2 heterocycles. The third-order valence-electron chi connectivity index (χ3n) is 10.1. The molecule has 0 unspecified atom stereocenters. The Morgan fingerprint density at radius 2 is 0.686 bits per heavy atom. The SMILES string of the molecule is O=S(=O)([O-])c1ccc(S(=O)(=O)[O-])c(N=c2[nH]c(Oc3ccccc3)nc(=Nc3ccc(C=Cc4ccc(N=c5nc(Oc6ccccc6)[nH]c(=Nc6cc(S(=O)(=O)[O-])ccc6S(=O)(=O)[O-])[nH]5)cc4S(=O)(=O)[O-])c(S(=O)(=O)[O-])c3)[nH]2)c1.[Na+].[Na+].[Na+].[Na+].[Na+].[Na+]. The van der Waals surface area contributed by atoms with Gasteiger partial charge >= 0.3 is 189 Å². The number of rotatable bonds is 16. The minimum Gasteiger partial charge on any atom is -0.744 e. The van der Waals surface area contributed by atoms with Crippen LogP contribution in [0.25, 0.3) is 12.2 Å². The van der Waals surface area contributed by atoms with E-state index in [1.54, 1.807) is 36.4 Å². The van der Waals surface area contributed by atoms with Crippen molar-refractivity contribution in [2.75, 3.05) is 0 Å². The Balaban J connectivity index is 0.00000420. The van der Waals surface area contributed by atoms with Crippen LogP contribution in [0.1, 0.15) is 11.1 Å². The van der Waals surface area contributed by atoms with E-state index in [1.165, 1.54) is 24.3 Å². The van der Waals surface area contributed by atoms with Crippen LogP contribution in [0.4, 0.5) is 22.7 Å². The van der Waals surface area contributed by atoms with E-state index in [0.717, 1.165) is 48.6 Å². The molecule has 30 nitrogen and oxygen atoms in total. The molecule has 0 saturated carbocycles. The molecule has 0 spiro atoms. The fourth-order valence-electron chi connectivity index (χ4n) is 6.76. The number of hydrogen-bond donors (Lipinski definition) is 4. The van der Waals surface area contributed by atoms with Crippen molar-refractivity contribution in [1.29, 1.82) is 0 Å². The molecule has 0 bridgehead atoms. The Morgan fingerprint density at radius 1 is 0.360 bits per heavy atom. The molecule has 2 aromatic heterocycles. The molecule has 0 radical (unpaired) electrons. The summed E-state index contributed by atoms with van der Waals surface area (Å²) in [7, 11) is -32.0. The molecule has 0 amide bonds. The van der Waals surface area contributed by atoms with Gasteiger partial charge in [0.15, 0.2) is 0 Å². The minimum atomic E-state index is -5.44. The van der Waals surface area contributed by atoms with Gasteiger partial charge in [-0.1, -0.05) is 60.7 Å². The molecule has 8 aromatic rings. The summed E-state index contributed by atoms with van der Waals surface area (Å²) in [6.07, 6.45) is 1.90. The van der Waals surface area contributed by atoms with Crippen LogP contribution in [-0.4, -0.2) is 108 Å². The first-order valence-electron chi connectivity index (χ1n) is 21.4. The van der Waals surface area contributed by atoms with Gasteiger partial charge in [-0.05, 0) is 96.1 Å². The van der Waals surface area contributed by atoms with E-state index in [-0.39, 0.29) is 200 Å². The van der Waals surface area contributed by atoms with Crippen LogP contribution in [0.2, 0.25) is 0 Å². The number of aromatic nitrogens is 6. The van der Waals surface area contributed by atoms with Gasteiger partial charge < -0.3 is 36.8 Å². The summed E-state index contributed by atoms with van der Waals surface area (Å²) in [6, 6.07) is 23.6. The molecular formula is C44H28N10Na6O20S6. The van der Waals surface area contributed by atoms with Crippen molar-refractivity contribution in [2.24, 2.45) is 20.0 Å². The van der Waals surface area contributed by atoms with E-state index in [4.69, 9.17) is 9.47 Å². The van der Waals surface area contributed by atoms with Crippen molar-refractivity contribution in [1.82, 2.24) is 29.9 Å². The maximum atomic E-state index is 12.7. The second-order valence-corrected chi connectivity index (χ2v) is 23.9. The third-order valence-corrected chi connectivity index (χ3v) is 15.3. The van der Waals surface area contributed by atoms with Gasteiger partial charge in [0.05, 0.1) is 52.1 Å². The Kier molecular flexibility index (Phi) is 30.1. The maximum absolute atomic E-state index is 12.7. The molecule has 6 aromatic carbocycles. The van der Waals surface area contributed by atoms with E-state index in [0.29, 0.717) is 36.4 Å². The molecule has 42 heteroatoms. The van der Waals surface area contributed by atoms with Crippen LogP contribution in [-0.2, 0) is 60.7 Å². The molecule has 0 saturated heterocycles. The van der Waals surface area contributed by atoms with Crippen LogP contribution in [0.5, 0.6) is 23.5 Å². The van der Waals surface area contributed by atoms with Gasteiger partial charge in [0, 0.05) is 0 Å². The number of benzene rings is 6. The number of aromatic amines is 4. The summed E-state index contributed by atoms with van der Waals surface area (Å²) in [5.41, 5.74) is -5.32. The normalized spacial score (nSPS) is 12.8. The summed E-state index contributed by atoms with van der Waals surface area (Å²) in [4.78, 5) is 28.5. The fourth-order valence-corrected chi connectivity index (χ4v) is 10.3. The Bertz CT molecular complexity index is 4570. The number of ether oxygens (including phenoxy) is 2. The zero-order valence-corrected chi connectivity index (χ0v) is 62.1. The van der Waals surface area contributed by atoms with Gasteiger partial charge in [-0.3, -0.25) is 19.9 Å². The van der Waals surface area contributed by atoms with E-state index >= 15 is 0 Å². The average Bonchev–Trinajstić information content (AvgIpc) is 3.28. The molecule has 416 valence electrons. The summed E-state index contributed by atoms with van der Waals surface area (Å²) < 4.78 is 231. The number of H-pyrrole nitrogens is 4. The number of nitrogens with zero attached hydrogens (tertiary/aromatic N) is 6. The smallest absolute Gasteiger partial charge is 0.744 e. The van der Waals surface area contributed by atoms with Crippen LogP contribution < -0.4 is 209 Å². The van der Waals surface area contributed by atoms with Crippen molar-refractivity contribution in [2.45, 2.75) is 29.4 Å². The van der Waals surface area contributed by atoms with Crippen molar-refractivity contribution in [3.05, 3.63) is 167 Å². The van der Waals surface area contributed by atoms with E-state index in [2.05, 4.69) is 49.9 Å². The number of para-hydroxylation sites is 2. The van der Waals surface area contributed by atoms with Crippen LogP contribution in [0.15, 0.2) is 183 Å². The summed E-state index contributed by atoms with van der Waals surface area (Å²) >= 11 is 0. The van der Waals surface area contributed by atoms with Crippen molar-refractivity contribution < 1.29 is 265 Å². The fraction of sp³-hybridized carbons (Fsp3) is 0. The van der Waals surface area contributed by atoms with E-state index in [9.17, 15) is 77.8 Å². The standard InChI is InChI=1S/C44H34N10O20S6.6Na/c55-75(56,57)31-17-19-35(77(61,62)63)33(23-31)47-41-49-39(51-43(53-41)73-29-7-3-1-4-8-29)45-27-15-13-25(37(21-27)79(67,68)69)11-12-26-14-16-28(22-38(26)80(70,71)72)46-40-50-42(54-44(52-40)74-30-9-5-2-6-10-30)48-34-24-32(76(58,59)60)18-20-36(34)78(64,65)66;;;;;;/h1-24H,(H,55,56,57)(H,58,59,60)(H,61,62,63)(H,64,65,66)(H,67,68,69)(H,70,71,72)(H2,45,47,49,51,53)(H2,46,48,50,52,54);;;;;;/q;6*+1/p-6. The van der Waals surface area contributed by atoms with Gasteiger partial charge in [-0.2, -0.15) is 9.97 Å². The zero-order chi connectivity index (χ0) is 58.0. The van der Waals surface area contributed by atoms with Gasteiger partial charge in [0.2, 0.25) is 22.5 Å². The van der Waals surface area contributed by atoms with Crippen LogP contribution in [0, 0.1) is 0 Å². The van der Waals surface area contributed by atoms with Crippen LogP contribution >= 0.6 is 0 Å². The monoisotopic (exact) mass is 1350 g/mol. The Morgan fingerprint density at radius 3 is 0.988 bits per heavy atom. The average molecular weight is 1350 g/mol. The summed E-state index contributed by atoms with van der Waals surface area (Å²) in [5.74, 6) is 0.293. The third kappa shape index (κ3) is 22.0. The molecule has 4 N–H and O–H groups in total. The molecule has 0 aliphatic heterocycles. The Hall–Kier alpha value is -2.66. The molecule has 86 heavy (non-hydrogen) atoms. The minimum absolute atomic E-state index is 0. The molecule has 0 fully saturated rings. The second kappa shape index (κ2) is 32.6. The quantitative estimate of drug-likeness (QED) is 0.0396. The molecule has 0 aliphatic rings. The van der Waals surface area contributed by atoms with Gasteiger partial charge in [-0.15, -0.1) is 0 Å². The molecule has 0 atom stereocenters. The predicted octanol–water partition coefficient (Wildman–Crippen LogP) is -16.1. The first-order valence-corrected chi connectivity index (χ1v) is 29.9. The topological polar surface area (TPSA) is 500 Å². The van der Waals surface area contributed by atoms with E-state index < -0.39 is 147 Å². The van der Waals surface area contributed by atoms with E-state index in [1.807, 2.05) is 0 Å². The van der Waals surface area contributed by atoms with Crippen molar-refractivity contribution in [3.8, 4) is 23.5 Å². The zero-order valence-electron chi connectivity index (χ0n) is 45.2. The van der Waals surface area contributed by atoms with Gasteiger partial charge in [0.25, 0.3) is 0 Å². The largest absolute Gasteiger partial charge is 1.00 e. The Labute approximate surface area is 620 Å². The second-order valence-electron chi connectivity index (χ2n) is 15.7. The van der Waals surface area contributed by atoms with Crippen molar-refractivity contribution >= 4 is 95.6 Å². The number of nitrogens with one attached hydrogen (secondary N) is 4. The first-order chi connectivity index (χ1) is 37.3. The van der Waals surface area contributed by atoms with Crippen molar-refractivity contribution in [3.63, 3.8) is 0 Å². The molecular weight excluding hydrogens is 1320 g/mol. The molecule has 8 rings (SSSR count). The maximum Gasteiger partial charge on any atom is 1.00 e. The van der Waals surface area contributed by atoms with Crippen LogP contribution in [0.3, 0.4) is 0 Å². The number of hydrogen-bond acceptors (Lipinski definition) is 26. The van der Waals surface area contributed by atoms with Gasteiger partial charge in [0.1, 0.15) is 72.2 Å². The summed E-state index contributed by atoms with van der Waals surface area (Å²) in [5, 5.41) is 0. The summed E-state index contributed by atoms with van der Waals surface area (Å²) in [6.45, 7) is 0. The predicted molar refractivity (Wildman–Crippen MR) is 262 cm³/mol. The molecule has 0 aliphatic carbocycles.